The molecule has 4 heavy (non-hydrogen) atoms. The van der Waals surface area contributed by atoms with Crippen molar-refractivity contribution in [3.63, 3.8) is 0 Å². The van der Waals surface area contributed by atoms with Gasteiger partial charge in [-0.2, -0.15) is 0 Å². The molecule has 0 N–H and O–H groups in total. The monoisotopic (exact) mass is 354 g/mol. The van der Waals surface area contributed by atoms with Gasteiger partial charge in [0.05, 0.1) is 0 Å². The Morgan fingerprint density at radius 3 is 1.00 bits per heavy atom. The Hall–Kier alpha value is 3.00. The first kappa shape index (κ1) is 28.0. The van der Waals surface area contributed by atoms with Gasteiger partial charge in [0.25, 0.3) is 0 Å². The van der Waals surface area contributed by atoms with Crippen molar-refractivity contribution >= 4 is 63.8 Å². The first-order chi connectivity index (χ1) is 0. The molecule has 0 saturated carbocycles. The van der Waals surface area contributed by atoms with E-state index in [0.29, 0.717) is 0 Å². The van der Waals surface area contributed by atoms with E-state index >= 15 is 0 Å². The molecule has 4 heteroatoms. The SMILES string of the molecule is [Cd].[MgH2].[SeH2].[TeH2]. The Morgan fingerprint density at radius 2 is 1.00 bits per heavy atom. The van der Waals surface area contributed by atoms with Crippen molar-refractivity contribution < 1.29 is 27.3 Å². The van der Waals surface area contributed by atoms with E-state index in [-0.39, 0.29) is 91.1 Å². The third kappa shape index (κ3) is 8.89. The van der Waals surface area contributed by atoms with Crippen molar-refractivity contribution in [1.82, 2.24) is 0 Å². The fraction of sp³-hybridized carbons (Fsp3) is 0. The molecular weight excluding hydrogens is 343 g/mol. The average Bonchev–Trinajstić information content (AvgIpc) is 0. The minimum atomic E-state index is 0. The Balaban J connectivity index is 0. The molecule has 0 aliphatic carbocycles. The molecule has 0 atom stereocenters. The second-order valence-corrected chi connectivity index (χ2v) is 0. The van der Waals surface area contributed by atoms with Crippen LogP contribution in [0.25, 0.3) is 0 Å². The topological polar surface area (TPSA) is 0 Å². The van der Waals surface area contributed by atoms with E-state index in [2.05, 4.69) is 0 Å². The van der Waals surface area contributed by atoms with Gasteiger partial charge in [0.1, 0.15) is 0 Å². The van der Waals surface area contributed by atoms with Crippen LogP contribution in [0.4, 0.5) is 0 Å². The van der Waals surface area contributed by atoms with E-state index in [1.165, 1.54) is 0 Å². The third-order valence-electron chi connectivity index (χ3n) is 0. The standard InChI is InChI=1S/Cd.Mg.H2Se.H2Te.2H/h;;2*1H2;;. The van der Waals surface area contributed by atoms with Gasteiger partial charge in [0.15, 0.2) is 0 Å². The molecule has 0 aliphatic heterocycles. The van der Waals surface area contributed by atoms with Gasteiger partial charge in [-0.05, 0) is 0 Å². The maximum atomic E-state index is 0. The van der Waals surface area contributed by atoms with Crippen molar-refractivity contribution in [1.29, 1.82) is 0 Å². The van der Waals surface area contributed by atoms with Crippen LogP contribution in [0.5, 0.6) is 0 Å². The summed E-state index contributed by atoms with van der Waals surface area (Å²) in [5.41, 5.74) is 0. The summed E-state index contributed by atoms with van der Waals surface area (Å²) in [5.74, 6) is 0. The van der Waals surface area contributed by atoms with E-state index in [1.807, 2.05) is 0 Å². The van der Waals surface area contributed by atoms with Gasteiger partial charge < -0.3 is 0 Å². The van der Waals surface area contributed by atoms with E-state index in [1.54, 1.807) is 0 Å². The predicted octanol–water partition coefficient (Wildman–Crippen LogP) is -2.75. The summed E-state index contributed by atoms with van der Waals surface area (Å²) < 4.78 is 0. The quantitative estimate of drug-likeness (QED) is 0.416. The summed E-state index contributed by atoms with van der Waals surface area (Å²) in [6, 6.07) is 0. The van der Waals surface area contributed by atoms with Crippen molar-refractivity contribution in [3.05, 3.63) is 0 Å². The van der Waals surface area contributed by atoms with E-state index in [4.69, 9.17) is 0 Å². The summed E-state index contributed by atoms with van der Waals surface area (Å²) in [5, 5.41) is 0. The van der Waals surface area contributed by atoms with Crippen LogP contribution >= 0.6 is 0 Å². The Bertz CT molecular complexity index is 8.00. The van der Waals surface area contributed by atoms with Crippen LogP contribution in [-0.2, 0) is 27.3 Å². The van der Waals surface area contributed by atoms with E-state index in [9.17, 15) is 0 Å². The summed E-state index contributed by atoms with van der Waals surface area (Å²) >= 11 is 0. The molecule has 0 fully saturated rings. The summed E-state index contributed by atoms with van der Waals surface area (Å²) in [4.78, 5) is 0. The first-order valence-electron chi connectivity index (χ1n) is 0. The van der Waals surface area contributed by atoms with Gasteiger partial charge in [-0.25, -0.2) is 0 Å². The fourth-order valence-electron chi connectivity index (χ4n) is 0. The molecule has 0 nitrogen and oxygen atoms in total. The molecule has 22 valence electrons. The molecule has 0 aliphatic rings. The van der Waals surface area contributed by atoms with E-state index < -0.39 is 0 Å². The van der Waals surface area contributed by atoms with Crippen LogP contribution in [0, 0.1) is 0 Å². The predicted molar refractivity (Wildman–Crippen MR) is 25.6 cm³/mol. The summed E-state index contributed by atoms with van der Waals surface area (Å²) in [7, 11) is 0. The zero-order valence-corrected chi connectivity index (χ0v) is 10.7. The second-order valence-electron chi connectivity index (χ2n) is 0. The van der Waals surface area contributed by atoms with Gasteiger partial charge >= 0.3 is 63.8 Å². The van der Waals surface area contributed by atoms with Gasteiger partial charge in [-0.1, -0.05) is 0 Å². The maximum absolute atomic E-state index is 0. The number of hydrogen-bond donors (Lipinski definition) is 0. The number of rotatable bonds is 0. The van der Waals surface area contributed by atoms with Crippen molar-refractivity contribution in [2.24, 2.45) is 0 Å². The molecular formula is H6CdMgSeTe. The molecule has 0 aromatic carbocycles. The summed E-state index contributed by atoms with van der Waals surface area (Å²) in [6.07, 6.45) is 0. The molecule has 0 heterocycles. The normalized spacial score (nSPS) is 0. The average molecular weight is 349 g/mol. The fourth-order valence-corrected chi connectivity index (χ4v) is 0. The van der Waals surface area contributed by atoms with Gasteiger partial charge in [-0.15, -0.1) is 0 Å². The van der Waals surface area contributed by atoms with Crippen LogP contribution in [0.15, 0.2) is 0 Å². The Morgan fingerprint density at radius 1 is 1.00 bits per heavy atom. The second kappa shape index (κ2) is 16.7. The van der Waals surface area contributed by atoms with Gasteiger partial charge in [0.2, 0.25) is 0 Å². The van der Waals surface area contributed by atoms with Crippen LogP contribution in [0.3, 0.4) is 0 Å². The van der Waals surface area contributed by atoms with Gasteiger partial charge in [0, 0.05) is 27.3 Å². The molecule has 0 aromatic heterocycles. The van der Waals surface area contributed by atoms with Crippen molar-refractivity contribution in [2.75, 3.05) is 0 Å². The van der Waals surface area contributed by atoms with Crippen LogP contribution in [0.2, 0.25) is 0 Å². The number of hydrogen-bond acceptors (Lipinski definition) is 0. The molecule has 0 bridgehead atoms. The summed E-state index contributed by atoms with van der Waals surface area (Å²) in [6.45, 7) is 0. The Kier molecular flexibility index (Phi) is 117. The molecule has 0 unspecified atom stereocenters. The third-order valence-corrected chi connectivity index (χ3v) is 0. The minimum absolute atomic E-state index is 0. The molecule has 0 amide bonds. The molecule has 0 spiro atoms. The van der Waals surface area contributed by atoms with E-state index in [0.717, 1.165) is 0 Å². The first-order valence-corrected chi connectivity index (χ1v) is 0. The van der Waals surface area contributed by atoms with Crippen LogP contribution in [-0.4, -0.2) is 63.8 Å². The van der Waals surface area contributed by atoms with Crippen molar-refractivity contribution in [3.8, 4) is 0 Å². The van der Waals surface area contributed by atoms with Crippen LogP contribution in [0.1, 0.15) is 0 Å². The molecule has 0 aromatic rings. The van der Waals surface area contributed by atoms with Gasteiger partial charge in [-0.3, -0.25) is 0 Å². The zero-order valence-electron chi connectivity index (χ0n) is 1.71. The molecule has 0 rings (SSSR count). The van der Waals surface area contributed by atoms with Crippen molar-refractivity contribution in [2.45, 2.75) is 0 Å². The molecule has 0 saturated heterocycles. The van der Waals surface area contributed by atoms with Crippen LogP contribution < -0.4 is 0 Å². The Labute approximate surface area is 89.4 Å². The molecule has 0 radical (unpaired) electrons. The zero-order chi connectivity index (χ0) is 0.